The van der Waals surface area contributed by atoms with Crippen LogP contribution in [0.4, 0.5) is 0 Å². The summed E-state index contributed by atoms with van der Waals surface area (Å²) >= 11 is 0. The van der Waals surface area contributed by atoms with Crippen molar-refractivity contribution >= 4 is 11.9 Å². The Morgan fingerprint density at radius 3 is 2.57 bits per heavy atom. The van der Waals surface area contributed by atoms with E-state index in [1.54, 1.807) is 11.8 Å². The van der Waals surface area contributed by atoms with Gasteiger partial charge in [0.05, 0.1) is 5.41 Å². The summed E-state index contributed by atoms with van der Waals surface area (Å²) in [7, 11) is 0. The van der Waals surface area contributed by atoms with Crippen LogP contribution in [-0.2, 0) is 9.59 Å². The third-order valence-electron chi connectivity index (χ3n) is 4.50. The molecule has 1 N–H and O–H groups in total. The van der Waals surface area contributed by atoms with Crippen LogP contribution in [0, 0.1) is 5.41 Å². The maximum Gasteiger partial charge on any atom is 0.311 e. The predicted molar refractivity (Wildman–Crippen MR) is 81.0 cm³/mol. The maximum atomic E-state index is 12.2. The third kappa shape index (κ3) is 3.63. The molecule has 1 aliphatic heterocycles. The molecular formula is C17H23NO3. The van der Waals surface area contributed by atoms with E-state index in [1.165, 1.54) is 5.56 Å². The summed E-state index contributed by atoms with van der Waals surface area (Å²) < 4.78 is 0. The van der Waals surface area contributed by atoms with Gasteiger partial charge in [-0.25, -0.2) is 0 Å². The molecule has 1 aromatic rings. The quantitative estimate of drug-likeness (QED) is 0.906. The molecule has 0 bridgehead atoms. The number of nitrogens with zero attached hydrogens (tertiary/aromatic N) is 1. The van der Waals surface area contributed by atoms with E-state index in [1.807, 2.05) is 18.2 Å². The molecule has 0 spiro atoms. The topological polar surface area (TPSA) is 57.6 Å². The Bertz CT molecular complexity index is 514. The number of hydrogen-bond acceptors (Lipinski definition) is 2. The van der Waals surface area contributed by atoms with Crippen molar-refractivity contribution in [2.75, 3.05) is 13.1 Å². The average molecular weight is 289 g/mol. The smallest absolute Gasteiger partial charge is 0.311 e. The van der Waals surface area contributed by atoms with Crippen molar-refractivity contribution in [3.63, 3.8) is 0 Å². The van der Waals surface area contributed by atoms with E-state index in [2.05, 4.69) is 19.1 Å². The molecule has 1 aromatic carbocycles. The lowest BCUT2D eigenvalue weighted by atomic mass is 9.90. The Balaban J connectivity index is 1.85. The van der Waals surface area contributed by atoms with Gasteiger partial charge in [-0.15, -0.1) is 0 Å². The van der Waals surface area contributed by atoms with E-state index < -0.39 is 11.4 Å². The summed E-state index contributed by atoms with van der Waals surface area (Å²) in [6.45, 7) is 4.73. The van der Waals surface area contributed by atoms with Crippen LogP contribution in [0.5, 0.6) is 0 Å². The number of amides is 1. The SMILES string of the molecule is CC(CCC(=O)N1CCC(C)(C(=O)O)C1)c1ccccc1. The second-order valence-corrected chi connectivity index (χ2v) is 6.28. The van der Waals surface area contributed by atoms with E-state index in [-0.39, 0.29) is 5.91 Å². The molecule has 2 rings (SSSR count). The van der Waals surface area contributed by atoms with Gasteiger partial charge < -0.3 is 10.0 Å². The molecule has 0 aromatic heterocycles. The van der Waals surface area contributed by atoms with Gasteiger partial charge in [0.2, 0.25) is 5.91 Å². The Labute approximate surface area is 125 Å². The first-order chi connectivity index (χ1) is 9.92. The lowest BCUT2D eigenvalue weighted by Gasteiger charge is -2.21. The van der Waals surface area contributed by atoms with Crippen LogP contribution in [0.25, 0.3) is 0 Å². The standard InChI is InChI=1S/C17H23NO3/c1-13(14-6-4-3-5-7-14)8-9-15(19)18-11-10-17(2,12-18)16(20)21/h3-7,13H,8-12H2,1-2H3,(H,20,21). The van der Waals surface area contributed by atoms with E-state index in [0.29, 0.717) is 31.8 Å². The summed E-state index contributed by atoms with van der Waals surface area (Å²) in [5.74, 6) is -0.401. The average Bonchev–Trinajstić information content (AvgIpc) is 2.89. The summed E-state index contributed by atoms with van der Waals surface area (Å²) in [4.78, 5) is 25.1. The Hall–Kier alpha value is -1.84. The van der Waals surface area contributed by atoms with Gasteiger partial charge in [0, 0.05) is 19.5 Å². The highest BCUT2D eigenvalue weighted by Crippen LogP contribution is 2.31. The summed E-state index contributed by atoms with van der Waals surface area (Å²) in [6.07, 6.45) is 1.82. The molecule has 1 fully saturated rings. The van der Waals surface area contributed by atoms with Crippen molar-refractivity contribution in [3.8, 4) is 0 Å². The second kappa shape index (κ2) is 6.29. The van der Waals surface area contributed by atoms with Gasteiger partial charge in [0.25, 0.3) is 0 Å². The number of benzene rings is 1. The van der Waals surface area contributed by atoms with Crippen molar-refractivity contribution in [1.82, 2.24) is 4.90 Å². The number of carbonyl (C=O) groups excluding carboxylic acids is 1. The molecule has 2 atom stereocenters. The lowest BCUT2D eigenvalue weighted by molar-refractivity contribution is -0.147. The second-order valence-electron chi connectivity index (χ2n) is 6.28. The van der Waals surface area contributed by atoms with Gasteiger partial charge in [0.1, 0.15) is 0 Å². The first kappa shape index (κ1) is 15.5. The monoisotopic (exact) mass is 289 g/mol. The van der Waals surface area contributed by atoms with E-state index in [4.69, 9.17) is 0 Å². The van der Waals surface area contributed by atoms with Crippen molar-refractivity contribution in [2.24, 2.45) is 5.41 Å². The van der Waals surface area contributed by atoms with Crippen LogP contribution in [0.15, 0.2) is 30.3 Å². The largest absolute Gasteiger partial charge is 0.481 e. The zero-order chi connectivity index (χ0) is 15.5. The first-order valence-electron chi connectivity index (χ1n) is 7.48. The lowest BCUT2D eigenvalue weighted by Crippen LogP contribution is -2.34. The minimum atomic E-state index is -0.810. The molecular weight excluding hydrogens is 266 g/mol. The van der Waals surface area contributed by atoms with Gasteiger partial charge in [-0.05, 0) is 31.2 Å². The predicted octanol–water partition coefficient (Wildman–Crippen LogP) is 2.89. The number of carboxylic acid groups (broad SMARTS) is 1. The number of carbonyl (C=O) groups is 2. The van der Waals surface area contributed by atoms with Gasteiger partial charge in [-0.1, -0.05) is 37.3 Å². The van der Waals surface area contributed by atoms with E-state index >= 15 is 0 Å². The summed E-state index contributed by atoms with van der Waals surface area (Å²) in [6, 6.07) is 10.1. The zero-order valence-corrected chi connectivity index (χ0v) is 12.7. The molecule has 4 nitrogen and oxygen atoms in total. The van der Waals surface area contributed by atoms with Gasteiger partial charge in [-0.3, -0.25) is 9.59 Å². The normalized spacial score (nSPS) is 23.0. The highest BCUT2D eigenvalue weighted by Gasteiger charge is 2.41. The molecule has 114 valence electrons. The molecule has 4 heteroatoms. The minimum Gasteiger partial charge on any atom is -0.481 e. The summed E-state index contributed by atoms with van der Waals surface area (Å²) in [5, 5.41) is 9.20. The van der Waals surface area contributed by atoms with Crippen LogP contribution in [0.2, 0.25) is 0 Å². The number of carboxylic acids is 1. The molecule has 1 aliphatic rings. The molecule has 1 amide bonds. The van der Waals surface area contributed by atoms with Crippen LogP contribution >= 0.6 is 0 Å². The van der Waals surface area contributed by atoms with Crippen LogP contribution < -0.4 is 0 Å². The van der Waals surface area contributed by atoms with Crippen molar-refractivity contribution < 1.29 is 14.7 Å². The number of aliphatic carboxylic acids is 1. The Kier molecular flexibility index (Phi) is 4.66. The van der Waals surface area contributed by atoms with Gasteiger partial charge in [-0.2, -0.15) is 0 Å². The fraction of sp³-hybridized carbons (Fsp3) is 0.529. The Morgan fingerprint density at radius 2 is 2.00 bits per heavy atom. The van der Waals surface area contributed by atoms with Gasteiger partial charge >= 0.3 is 5.97 Å². The highest BCUT2D eigenvalue weighted by atomic mass is 16.4. The molecule has 21 heavy (non-hydrogen) atoms. The number of rotatable bonds is 5. The minimum absolute atomic E-state index is 0.0720. The van der Waals surface area contributed by atoms with Crippen LogP contribution in [0.3, 0.4) is 0 Å². The third-order valence-corrected chi connectivity index (χ3v) is 4.50. The first-order valence-corrected chi connectivity index (χ1v) is 7.48. The van der Waals surface area contributed by atoms with Crippen LogP contribution in [-0.4, -0.2) is 35.0 Å². The molecule has 2 unspecified atom stereocenters. The fourth-order valence-electron chi connectivity index (χ4n) is 2.79. The maximum absolute atomic E-state index is 12.2. The van der Waals surface area contributed by atoms with E-state index in [0.717, 1.165) is 6.42 Å². The molecule has 0 radical (unpaired) electrons. The van der Waals surface area contributed by atoms with Crippen molar-refractivity contribution in [1.29, 1.82) is 0 Å². The highest BCUT2D eigenvalue weighted by molar-refractivity contribution is 5.80. The molecule has 0 saturated carbocycles. The van der Waals surface area contributed by atoms with Crippen molar-refractivity contribution in [2.45, 2.75) is 39.0 Å². The fourth-order valence-corrected chi connectivity index (χ4v) is 2.79. The molecule has 1 heterocycles. The summed E-state index contributed by atoms with van der Waals surface area (Å²) in [5.41, 5.74) is 0.461. The molecule has 0 aliphatic carbocycles. The number of hydrogen-bond donors (Lipinski definition) is 1. The van der Waals surface area contributed by atoms with Gasteiger partial charge in [0.15, 0.2) is 0 Å². The van der Waals surface area contributed by atoms with Crippen LogP contribution in [0.1, 0.15) is 44.6 Å². The van der Waals surface area contributed by atoms with Crippen molar-refractivity contribution in [3.05, 3.63) is 35.9 Å². The zero-order valence-electron chi connectivity index (χ0n) is 12.7. The number of likely N-dealkylation sites (tertiary alicyclic amines) is 1. The van der Waals surface area contributed by atoms with E-state index in [9.17, 15) is 14.7 Å². The molecule has 1 saturated heterocycles. The Morgan fingerprint density at radius 1 is 1.33 bits per heavy atom.